The lowest BCUT2D eigenvalue weighted by atomic mass is 9.91. The van der Waals surface area contributed by atoms with Gasteiger partial charge in [-0.25, -0.2) is 0 Å². The summed E-state index contributed by atoms with van der Waals surface area (Å²) in [5, 5.41) is 22.2. The summed E-state index contributed by atoms with van der Waals surface area (Å²) in [4.78, 5) is 13.4. The standard InChI is InChI=1S/C29H30N4O2S/c1-3-16-33-27(31-32-29(33)36-20-23-9-7-8-21(2)17-23)19-30-28(35)26(24-10-5-4-6-11-24)18-22-12-14-25(34)15-13-22/h3-15,17,26,34H,1,16,18-20H2,2H3,(H,30,35). The highest BCUT2D eigenvalue weighted by atomic mass is 32.2. The predicted molar refractivity (Wildman–Crippen MR) is 144 cm³/mol. The second-order valence-electron chi connectivity index (χ2n) is 8.63. The van der Waals surface area contributed by atoms with Gasteiger partial charge in [-0.1, -0.05) is 90.1 Å². The fourth-order valence-electron chi connectivity index (χ4n) is 4.02. The van der Waals surface area contributed by atoms with Crippen molar-refractivity contribution in [3.63, 3.8) is 0 Å². The van der Waals surface area contributed by atoms with Gasteiger partial charge in [-0.05, 0) is 42.2 Å². The van der Waals surface area contributed by atoms with Crippen molar-refractivity contribution in [2.45, 2.75) is 43.3 Å². The molecule has 36 heavy (non-hydrogen) atoms. The molecule has 1 amide bonds. The summed E-state index contributed by atoms with van der Waals surface area (Å²) in [5.74, 6) is 1.22. The van der Waals surface area contributed by atoms with E-state index in [1.165, 1.54) is 11.1 Å². The van der Waals surface area contributed by atoms with Gasteiger partial charge in [-0.2, -0.15) is 0 Å². The van der Waals surface area contributed by atoms with Crippen LogP contribution in [0.4, 0.5) is 0 Å². The minimum atomic E-state index is -0.373. The topological polar surface area (TPSA) is 80.0 Å². The Morgan fingerprint density at radius 1 is 1.06 bits per heavy atom. The van der Waals surface area contributed by atoms with Crippen LogP contribution in [0.5, 0.6) is 5.75 Å². The van der Waals surface area contributed by atoms with E-state index in [9.17, 15) is 9.90 Å². The molecule has 1 heterocycles. The number of aromatic nitrogens is 3. The van der Waals surface area contributed by atoms with Crippen molar-refractivity contribution >= 4 is 17.7 Å². The normalized spacial score (nSPS) is 11.7. The van der Waals surface area contributed by atoms with Gasteiger partial charge >= 0.3 is 0 Å². The first-order valence-corrected chi connectivity index (χ1v) is 12.8. The molecule has 6 nitrogen and oxygen atoms in total. The van der Waals surface area contributed by atoms with E-state index >= 15 is 0 Å². The van der Waals surface area contributed by atoms with Crippen LogP contribution in [0.2, 0.25) is 0 Å². The Morgan fingerprint density at radius 3 is 2.56 bits per heavy atom. The third kappa shape index (κ3) is 6.64. The van der Waals surface area contributed by atoms with E-state index in [2.05, 4.69) is 53.3 Å². The van der Waals surface area contributed by atoms with Crippen molar-refractivity contribution in [1.29, 1.82) is 0 Å². The van der Waals surface area contributed by atoms with Crippen molar-refractivity contribution in [1.82, 2.24) is 20.1 Å². The molecular formula is C29H30N4O2S. The summed E-state index contributed by atoms with van der Waals surface area (Å²) < 4.78 is 1.99. The lowest BCUT2D eigenvalue weighted by molar-refractivity contribution is -0.122. The Bertz CT molecular complexity index is 1300. The second-order valence-corrected chi connectivity index (χ2v) is 9.57. The van der Waals surface area contributed by atoms with E-state index in [4.69, 9.17) is 0 Å². The molecular weight excluding hydrogens is 468 g/mol. The zero-order valence-electron chi connectivity index (χ0n) is 20.3. The first-order chi connectivity index (χ1) is 17.5. The van der Waals surface area contributed by atoms with Gasteiger partial charge in [-0.3, -0.25) is 4.79 Å². The average Bonchev–Trinajstić information content (AvgIpc) is 3.28. The van der Waals surface area contributed by atoms with Crippen LogP contribution in [0, 0.1) is 6.92 Å². The number of nitrogens with zero attached hydrogens (tertiary/aromatic N) is 3. The van der Waals surface area contributed by atoms with Gasteiger partial charge in [-0.15, -0.1) is 16.8 Å². The number of hydrogen-bond acceptors (Lipinski definition) is 5. The van der Waals surface area contributed by atoms with Gasteiger partial charge in [0.2, 0.25) is 5.91 Å². The fourth-order valence-corrected chi connectivity index (χ4v) is 4.93. The van der Waals surface area contributed by atoms with Gasteiger partial charge in [0, 0.05) is 12.3 Å². The summed E-state index contributed by atoms with van der Waals surface area (Å²) >= 11 is 1.62. The van der Waals surface area contributed by atoms with E-state index in [-0.39, 0.29) is 24.1 Å². The summed E-state index contributed by atoms with van der Waals surface area (Å²) in [5.41, 5.74) is 4.36. The molecule has 3 aromatic carbocycles. The molecule has 0 saturated carbocycles. The number of carbonyl (C=O) groups excluding carboxylic acids is 1. The molecule has 184 valence electrons. The van der Waals surface area contributed by atoms with E-state index in [0.717, 1.165) is 22.0 Å². The molecule has 0 saturated heterocycles. The Balaban J connectivity index is 1.47. The second kappa shape index (κ2) is 12.2. The maximum atomic E-state index is 13.4. The monoisotopic (exact) mass is 498 g/mol. The van der Waals surface area contributed by atoms with Crippen LogP contribution < -0.4 is 5.32 Å². The smallest absolute Gasteiger partial charge is 0.228 e. The Hall–Kier alpha value is -3.84. The van der Waals surface area contributed by atoms with Crippen molar-refractivity contribution in [3.8, 4) is 5.75 Å². The molecule has 0 spiro atoms. The molecule has 0 aliphatic heterocycles. The number of hydrogen-bond donors (Lipinski definition) is 2. The van der Waals surface area contributed by atoms with Crippen molar-refractivity contribution in [2.75, 3.05) is 0 Å². The van der Waals surface area contributed by atoms with Crippen LogP contribution in [-0.4, -0.2) is 25.8 Å². The minimum Gasteiger partial charge on any atom is -0.508 e. The van der Waals surface area contributed by atoms with Crippen LogP contribution in [0.15, 0.2) is 96.7 Å². The molecule has 7 heteroatoms. The van der Waals surface area contributed by atoms with Gasteiger partial charge in [0.15, 0.2) is 11.0 Å². The van der Waals surface area contributed by atoms with E-state index in [1.807, 2.05) is 53.1 Å². The largest absolute Gasteiger partial charge is 0.508 e. The fraction of sp³-hybridized carbons (Fsp3) is 0.207. The molecule has 4 aromatic rings. The number of aromatic hydroxyl groups is 1. The molecule has 0 fully saturated rings. The Kier molecular flexibility index (Phi) is 8.57. The first-order valence-electron chi connectivity index (χ1n) is 11.9. The van der Waals surface area contributed by atoms with Crippen LogP contribution in [-0.2, 0) is 30.1 Å². The third-order valence-corrected chi connectivity index (χ3v) is 6.91. The molecule has 0 radical (unpaired) electrons. The highest BCUT2D eigenvalue weighted by Gasteiger charge is 2.22. The lowest BCUT2D eigenvalue weighted by Crippen LogP contribution is -2.31. The molecule has 0 aliphatic rings. The molecule has 4 rings (SSSR count). The number of phenols is 1. The van der Waals surface area contributed by atoms with E-state index in [1.54, 1.807) is 23.9 Å². The highest BCUT2D eigenvalue weighted by Crippen LogP contribution is 2.24. The number of thioether (sulfide) groups is 1. The van der Waals surface area contributed by atoms with Crippen LogP contribution in [0.25, 0.3) is 0 Å². The van der Waals surface area contributed by atoms with E-state index < -0.39 is 0 Å². The van der Waals surface area contributed by atoms with Crippen molar-refractivity contribution in [3.05, 3.63) is 120 Å². The van der Waals surface area contributed by atoms with Gasteiger partial charge in [0.25, 0.3) is 0 Å². The predicted octanol–water partition coefficient (Wildman–Crippen LogP) is 5.41. The maximum absolute atomic E-state index is 13.4. The van der Waals surface area contributed by atoms with E-state index in [0.29, 0.717) is 18.8 Å². The molecule has 0 aliphatic carbocycles. The zero-order valence-corrected chi connectivity index (χ0v) is 21.1. The number of phenolic OH excluding ortho intramolecular Hbond substituents is 1. The first kappa shape index (κ1) is 25.3. The number of rotatable bonds is 11. The van der Waals surface area contributed by atoms with Gasteiger partial charge in [0.1, 0.15) is 5.75 Å². The molecule has 0 bridgehead atoms. The number of allylic oxidation sites excluding steroid dienone is 1. The quantitative estimate of drug-likeness (QED) is 0.213. The van der Waals surface area contributed by atoms with Crippen molar-refractivity contribution in [2.24, 2.45) is 0 Å². The van der Waals surface area contributed by atoms with Crippen LogP contribution in [0.1, 0.15) is 34.0 Å². The van der Waals surface area contributed by atoms with Gasteiger partial charge < -0.3 is 15.0 Å². The van der Waals surface area contributed by atoms with Gasteiger partial charge in [0.05, 0.1) is 12.5 Å². The summed E-state index contributed by atoms with van der Waals surface area (Å²) in [6.45, 7) is 6.78. The number of benzene rings is 3. The van der Waals surface area contributed by atoms with Crippen molar-refractivity contribution < 1.29 is 9.90 Å². The number of amides is 1. The minimum absolute atomic E-state index is 0.0867. The summed E-state index contributed by atoms with van der Waals surface area (Å²) in [7, 11) is 0. The zero-order chi connectivity index (χ0) is 25.3. The highest BCUT2D eigenvalue weighted by molar-refractivity contribution is 7.98. The Labute approximate surface area is 216 Å². The third-order valence-electron chi connectivity index (χ3n) is 5.87. The summed E-state index contributed by atoms with van der Waals surface area (Å²) in [6, 6.07) is 25.1. The maximum Gasteiger partial charge on any atom is 0.228 e. The van der Waals surface area contributed by atoms with Crippen LogP contribution in [0.3, 0.4) is 0 Å². The van der Waals surface area contributed by atoms with Crippen LogP contribution >= 0.6 is 11.8 Å². The summed E-state index contributed by atoms with van der Waals surface area (Å²) in [6.07, 6.45) is 2.33. The average molecular weight is 499 g/mol. The Morgan fingerprint density at radius 2 is 1.83 bits per heavy atom. The number of aryl methyl sites for hydroxylation is 1. The number of nitrogens with one attached hydrogen (secondary N) is 1. The lowest BCUT2D eigenvalue weighted by Gasteiger charge is -2.18. The molecule has 2 N–H and O–H groups in total. The molecule has 1 aromatic heterocycles. The SMILES string of the molecule is C=CCn1c(CNC(=O)C(Cc2ccc(O)cc2)c2ccccc2)nnc1SCc1cccc(C)c1. The number of carbonyl (C=O) groups is 1. The molecule has 1 unspecified atom stereocenters. The molecule has 1 atom stereocenters.